The van der Waals surface area contributed by atoms with Crippen LogP contribution >= 0.6 is 0 Å². The Kier molecular flexibility index (Phi) is 7.11. The summed E-state index contributed by atoms with van der Waals surface area (Å²) in [5.74, 6) is 1.58. The number of carbonyl (C=O) groups excluding carboxylic acids is 1. The van der Waals surface area contributed by atoms with Crippen molar-refractivity contribution < 1.29 is 9.72 Å². The van der Waals surface area contributed by atoms with Crippen LogP contribution in [0.4, 0.5) is 11.4 Å². The van der Waals surface area contributed by atoms with E-state index in [0.29, 0.717) is 12.3 Å². The van der Waals surface area contributed by atoms with Crippen molar-refractivity contribution in [2.75, 3.05) is 18.4 Å². The molecule has 0 saturated carbocycles. The van der Waals surface area contributed by atoms with Crippen LogP contribution in [0, 0.1) is 23.0 Å². The average Bonchev–Trinajstić information content (AvgIpc) is 3.24. The summed E-state index contributed by atoms with van der Waals surface area (Å²) in [5.41, 5.74) is 3.80. The molecule has 1 atom stereocenters. The summed E-state index contributed by atoms with van der Waals surface area (Å²) in [6.45, 7) is 4.38. The maximum Gasteiger partial charge on any atom is 0.269 e. The van der Waals surface area contributed by atoms with Gasteiger partial charge in [0.2, 0.25) is 5.91 Å². The van der Waals surface area contributed by atoms with E-state index in [0.717, 1.165) is 60.6 Å². The summed E-state index contributed by atoms with van der Waals surface area (Å²) in [5, 5.41) is 14.4. The molecule has 1 amide bonds. The lowest BCUT2D eigenvalue weighted by atomic mass is 9.95. The molecule has 37 heavy (non-hydrogen) atoms. The maximum atomic E-state index is 13.3. The Bertz CT molecular complexity index is 1380. The number of aryl methyl sites for hydroxylation is 1. The zero-order valence-electron chi connectivity index (χ0n) is 20.8. The number of pyridine rings is 1. The summed E-state index contributed by atoms with van der Waals surface area (Å²) >= 11 is 0. The Hall–Kier alpha value is -4.27. The van der Waals surface area contributed by atoms with E-state index >= 15 is 0 Å². The number of nitro benzene ring substituents is 1. The van der Waals surface area contributed by atoms with Crippen LogP contribution < -0.4 is 5.32 Å². The van der Waals surface area contributed by atoms with Gasteiger partial charge in [-0.3, -0.25) is 19.9 Å². The lowest BCUT2D eigenvalue weighted by Crippen LogP contribution is -2.40. The van der Waals surface area contributed by atoms with E-state index < -0.39 is 4.92 Å². The van der Waals surface area contributed by atoms with Gasteiger partial charge in [0.05, 0.1) is 29.1 Å². The van der Waals surface area contributed by atoms with Crippen LogP contribution in [0.25, 0.3) is 11.0 Å². The zero-order chi connectivity index (χ0) is 25.8. The number of piperidine rings is 1. The van der Waals surface area contributed by atoms with Crippen molar-refractivity contribution >= 4 is 28.3 Å². The van der Waals surface area contributed by atoms with Crippen LogP contribution in [0.3, 0.4) is 0 Å². The fourth-order valence-corrected chi connectivity index (χ4v) is 5.08. The molecule has 4 aromatic rings. The highest BCUT2D eigenvalue weighted by molar-refractivity contribution is 5.78. The van der Waals surface area contributed by atoms with Gasteiger partial charge in [0, 0.05) is 43.7 Å². The molecule has 1 fully saturated rings. The molecule has 1 saturated heterocycles. The first-order chi connectivity index (χ1) is 18.0. The number of imidazole rings is 1. The van der Waals surface area contributed by atoms with E-state index in [-0.39, 0.29) is 17.6 Å². The number of nitro groups is 1. The molecule has 1 N–H and O–H groups in total. The largest absolute Gasteiger partial charge is 0.378 e. The minimum Gasteiger partial charge on any atom is -0.378 e. The number of fused-ring (bicyclic) bond motifs is 1. The van der Waals surface area contributed by atoms with Crippen LogP contribution in [-0.4, -0.2) is 43.4 Å². The Labute approximate surface area is 215 Å². The molecule has 2 aromatic carbocycles. The van der Waals surface area contributed by atoms with Crippen LogP contribution in [-0.2, 0) is 11.3 Å². The predicted molar refractivity (Wildman–Crippen MR) is 142 cm³/mol. The summed E-state index contributed by atoms with van der Waals surface area (Å²) in [4.78, 5) is 34.7. The number of nitrogens with one attached hydrogen (secondary N) is 1. The molecule has 1 unspecified atom stereocenters. The van der Waals surface area contributed by atoms with E-state index in [9.17, 15) is 14.9 Å². The number of rotatable bonds is 8. The molecule has 0 aliphatic carbocycles. The Morgan fingerprint density at radius 3 is 2.54 bits per heavy atom. The van der Waals surface area contributed by atoms with Gasteiger partial charge in [0.25, 0.3) is 5.69 Å². The maximum absolute atomic E-state index is 13.3. The van der Waals surface area contributed by atoms with E-state index in [2.05, 4.69) is 19.9 Å². The molecule has 0 bridgehead atoms. The third kappa shape index (κ3) is 5.61. The number of carbonyl (C=O) groups is 1. The molecule has 1 aliphatic rings. The normalized spacial score (nSPS) is 15.0. The Morgan fingerprint density at radius 2 is 1.84 bits per heavy atom. The first-order valence-electron chi connectivity index (χ1n) is 12.6. The molecule has 9 heteroatoms. The van der Waals surface area contributed by atoms with Crippen molar-refractivity contribution in [3.63, 3.8) is 0 Å². The van der Waals surface area contributed by atoms with Gasteiger partial charge in [0.1, 0.15) is 11.3 Å². The molecule has 2 aromatic heterocycles. The number of anilines is 1. The van der Waals surface area contributed by atoms with Gasteiger partial charge in [-0.1, -0.05) is 30.3 Å². The van der Waals surface area contributed by atoms with Gasteiger partial charge >= 0.3 is 0 Å². The van der Waals surface area contributed by atoms with Crippen molar-refractivity contribution in [2.24, 2.45) is 5.92 Å². The van der Waals surface area contributed by atoms with Crippen molar-refractivity contribution in [2.45, 2.75) is 38.8 Å². The molecular weight excluding hydrogens is 468 g/mol. The molecule has 9 nitrogen and oxygen atoms in total. The summed E-state index contributed by atoms with van der Waals surface area (Å²) in [7, 11) is 0. The second kappa shape index (κ2) is 10.8. The number of amides is 1. The first-order valence-corrected chi connectivity index (χ1v) is 12.6. The number of hydrogen-bond donors (Lipinski definition) is 1. The topological polar surface area (TPSA) is 106 Å². The summed E-state index contributed by atoms with van der Waals surface area (Å²) in [6, 6.07) is 17.9. The molecule has 5 rings (SSSR count). The van der Waals surface area contributed by atoms with Gasteiger partial charge in [0.15, 0.2) is 0 Å². The highest BCUT2D eigenvalue weighted by atomic mass is 16.6. The summed E-state index contributed by atoms with van der Waals surface area (Å²) in [6.07, 6.45) is 5.80. The van der Waals surface area contributed by atoms with Crippen molar-refractivity contribution in [1.82, 2.24) is 19.4 Å². The van der Waals surface area contributed by atoms with Crippen molar-refractivity contribution in [1.29, 1.82) is 0 Å². The quantitative estimate of drug-likeness (QED) is 0.267. The second-order valence-corrected chi connectivity index (χ2v) is 9.57. The molecule has 190 valence electrons. The fourth-order valence-electron chi connectivity index (χ4n) is 5.08. The smallest absolute Gasteiger partial charge is 0.269 e. The SMILES string of the molecule is Cc1nc2cnccc2n1CC1CCN(C(=O)CC(Nc2ccc([N+](=O)[O-])cc2)c2ccccc2)CC1. The van der Waals surface area contributed by atoms with Gasteiger partial charge in [-0.15, -0.1) is 0 Å². The van der Waals surface area contributed by atoms with Gasteiger partial charge in [-0.05, 0) is 49.4 Å². The van der Waals surface area contributed by atoms with E-state index in [1.54, 1.807) is 24.5 Å². The molecule has 1 aliphatic heterocycles. The monoisotopic (exact) mass is 498 g/mol. The highest BCUT2D eigenvalue weighted by Gasteiger charge is 2.26. The molecule has 0 radical (unpaired) electrons. The standard InChI is InChI=1S/C28H30N6O3/c1-20-30-26-18-29-14-11-27(26)33(20)19-21-12-15-32(16-13-21)28(35)17-25(22-5-3-2-4-6-22)31-23-7-9-24(10-8-23)34(36)37/h2-11,14,18,21,25,31H,12-13,15-17,19H2,1H3. The van der Waals surface area contributed by atoms with Crippen molar-refractivity contribution in [3.05, 3.63) is 94.6 Å². The van der Waals surface area contributed by atoms with Gasteiger partial charge < -0.3 is 14.8 Å². The van der Waals surface area contributed by atoms with Crippen LogP contribution in [0.5, 0.6) is 0 Å². The predicted octanol–water partition coefficient (Wildman–Crippen LogP) is 5.13. The minimum atomic E-state index is -0.417. The number of likely N-dealkylation sites (tertiary alicyclic amines) is 1. The molecule has 0 spiro atoms. The Morgan fingerprint density at radius 1 is 1.11 bits per heavy atom. The van der Waals surface area contributed by atoms with Gasteiger partial charge in [-0.25, -0.2) is 4.98 Å². The molecular formula is C28H30N6O3. The zero-order valence-corrected chi connectivity index (χ0v) is 20.8. The van der Waals surface area contributed by atoms with Crippen LogP contribution in [0.15, 0.2) is 73.1 Å². The average molecular weight is 499 g/mol. The number of non-ortho nitro benzene ring substituents is 1. The van der Waals surface area contributed by atoms with E-state index in [1.807, 2.05) is 48.2 Å². The lowest BCUT2D eigenvalue weighted by Gasteiger charge is -2.33. The Balaban J connectivity index is 1.22. The molecule has 3 heterocycles. The lowest BCUT2D eigenvalue weighted by molar-refractivity contribution is -0.384. The van der Waals surface area contributed by atoms with Crippen molar-refractivity contribution in [3.8, 4) is 0 Å². The first kappa shape index (κ1) is 24.4. The number of nitrogens with zero attached hydrogens (tertiary/aromatic N) is 5. The number of hydrogen-bond acceptors (Lipinski definition) is 6. The van der Waals surface area contributed by atoms with E-state index in [1.165, 1.54) is 12.1 Å². The number of benzene rings is 2. The third-order valence-electron chi connectivity index (χ3n) is 7.15. The number of aromatic nitrogens is 3. The highest BCUT2D eigenvalue weighted by Crippen LogP contribution is 2.28. The van der Waals surface area contributed by atoms with Crippen LogP contribution in [0.2, 0.25) is 0 Å². The van der Waals surface area contributed by atoms with Gasteiger partial charge in [-0.2, -0.15) is 0 Å². The third-order valence-corrected chi connectivity index (χ3v) is 7.15. The second-order valence-electron chi connectivity index (χ2n) is 9.57. The van der Waals surface area contributed by atoms with E-state index in [4.69, 9.17) is 0 Å². The minimum absolute atomic E-state index is 0.0382. The fraction of sp³-hybridized carbons (Fsp3) is 0.321. The summed E-state index contributed by atoms with van der Waals surface area (Å²) < 4.78 is 2.26. The van der Waals surface area contributed by atoms with Crippen LogP contribution in [0.1, 0.15) is 36.7 Å².